The molecule has 0 atom stereocenters. The molecule has 0 unspecified atom stereocenters. The molecule has 1 aliphatic rings. The maximum Gasteiger partial charge on any atom is 0.409 e. The second-order valence-corrected chi connectivity index (χ2v) is 8.20. The maximum atomic E-state index is 12.6. The van der Waals surface area contributed by atoms with Crippen molar-refractivity contribution in [2.45, 2.75) is 26.9 Å². The summed E-state index contributed by atoms with van der Waals surface area (Å²) < 4.78 is 7.24. The van der Waals surface area contributed by atoms with Gasteiger partial charge in [0, 0.05) is 56.1 Å². The lowest BCUT2D eigenvalue weighted by Crippen LogP contribution is -2.48. The Morgan fingerprint density at radius 1 is 1.09 bits per heavy atom. The Hall–Kier alpha value is -3.99. The van der Waals surface area contributed by atoms with E-state index in [1.807, 2.05) is 18.2 Å². The number of ether oxygens (including phenoxy) is 1. The maximum absolute atomic E-state index is 12.6. The highest BCUT2D eigenvalue weighted by molar-refractivity contribution is 6.05. The van der Waals surface area contributed by atoms with Gasteiger partial charge in [-0.1, -0.05) is 0 Å². The minimum absolute atomic E-state index is 0.0667. The van der Waals surface area contributed by atoms with E-state index >= 15 is 0 Å². The molecule has 0 aliphatic carbocycles. The largest absolute Gasteiger partial charge is 0.450 e. The van der Waals surface area contributed by atoms with E-state index in [2.05, 4.69) is 21.7 Å². The van der Waals surface area contributed by atoms with Gasteiger partial charge in [0.2, 0.25) is 0 Å². The molecule has 0 bridgehead atoms. The number of piperazine rings is 1. The molecular weight excluding hydrogens is 452 g/mol. The number of non-ortho nitro benzene ring substituents is 1. The van der Waals surface area contributed by atoms with Crippen LogP contribution in [0.2, 0.25) is 0 Å². The van der Waals surface area contributed by atoms with Crippen molar-refractivity contribution in [3.63, 3.8) is 0 Å². The Morgan fingerprint density at radius 2 is 1.80 bits per heavy atom. The summed E-state index contributed by atoms with van der Waals surface area (Å²) in [5.74, 6) is 0.569. The Balaban J connectivity index is 1.45. The lowest BCUT2D eigenvalue weighted by atomic mass is 10.2. The smallest absolute Gasteiger partial charge is 0.409 e. The Morgan fingerprint density at radius 3 is 2.43 bits per heavy atom. The van der Waals surface area contributed by atoms with Crippen LogP contribution in [-0.4, -0.2) is 69.1 Å². The zero-order valence-corrected chi connectivity index (χ0v) is 19.8. The van der Waals surface area contributed by atoms with Gasteiger partial charge in [0.1, 0.15) is 5.82 Å². The fraction of sp³-hybridized carbons (Fsp3) is 0.375. The SMILES string of the molecule is CCOC(=O)N1CCN(Cc2nc3cc(NC(=O)c4ccc([N+](=O)[O-])cc4)ccc3n2CC)CC1. The van der Waals surface area contributed by atoms with E-state index in [1.165, 1.54) is 24.3 Å². The summed E-state index contributed by atoms with van der Waals surface area (Å²) in [6, 6.07) is 11.0. The molecule has 0 saturated carbocycles. The van der Waals surface area contributed by atoms with Crippen LogP contribution >= 0.6 is 0 Å². The number of anilines is 1. The van der Waals surface area contributed by atoms with Crippen LogP contribution in [0.25, 0.3) is 11.0 Å². The van der Waals surface area contributed by atoms with Crippen molar-refractivity contribution < 1.29 is 19.2 Å². The van der Waals surface area contributed by atoms with Gasteiger partial charge in [0.15, 0.2) is 0 Å². The molecule has 0 radical (unpaired) electrons. The first-order valence-electron chi connectivity index (χ1n) is 11.6. The molecule has 11 heteroatoms. The van der Waals surface area contributed by atoms with E-state index in [9.17, 15) is 19.7 Å². The number of carbonyl (C=O) groups excluding carboxylic acids is 2. The van der Waals surface area contributed by atoms with Crippen LogP contribution < -0.4 is 5.32 Å². The molecule has 1 aliphatic heterocycles. The van der Waals surface area contributed by atoms with Crippen molar-refractivity contribution in [3.05, 3.63) is 64.0 Å². The second-order valence-electron chi connectivity index (χ2n) is 8.20. The summed E-state index contributed by atoms with van der Waals surface area (Å²) in [6.07, 6.45) is -0.267. The number of nitrogens with one attached hydrogen (secondary N) is 1. The number of nitrogens with zero attached hydrogens (tertiary/aromatic N) is 5. The highest BCUT2D eigenvalue weighted by Crippen LogP contribution is 2.23. The molecule has 1 N–H and O–H groups in total. The minimum atomic E-state index is -0.502. The molecule has 4 rings (SSSR count). The lowest BCUT2D eigenvalue weighted by molar-refractivity contribution is -0.384. The van der Waals surface area contributed by atoms with Crippen LogP contribution in [0.15, 0.2) is 42.5 Å². The first kappa shape index (κ1) is 24.1. The van der Waals surface area contributed by atoms with Crippen molar-refractivity contribution in [1.29, 1.82) is 0 Å². The molecule has 1 fully saturated rings. The van der Waals surface area contributed by atoms with Gasteiger partial charge in [-0.05, 0) is 44.2 Å². The van der Waals surface area contributed by atoms with E-state index in [1.54, 1.807) is 11.8 Å². The molecule has 1 aromatic heterocycles. The average Bonchev–Trinajstić information content (AvgIpc) is 3.20. The average molecular weight is 481 g/mol. The molecule has 35 heavy (non-hydrogen) atoms. The number of nitro benzene ring substituents is 1. The van der Waals surface area contributed by atoms with Crippen LogP contribution in [0.5, 0.6) is 0 Å². The predicted molar refractivity (Wildman–Crippen MR) is 130 cm³/mol. The molecule has 3 aromatic rings. The zero-order valence-electron chi connectivity index (χ0n) is 19.8. The van der Waals surface area contributed by atoms with Gasteiger partial charge >= 0.3 is 6.09 Å². The quantitative estimate of drug-likeness (QED) is 0.406. The van der Waals surface area contributed by atoms with Crippen LogP contribution in [0.3, 0.4) is 0 Å². The molecule has 2 aromatic carbocycles. The summed E-state index contributed by atoms with van der Waals surface area (Å²) >= 11 is 0. The number of fused-ring (bicyclic) bond motifs is 1. The van der Waals surface area contributed by atoms with Crippen molar-refractivity contribution in [2.75, 3.05) is 38.1 Å². The van der Waals surface area contributed by atoms with E-state index in [0.717, 1.165) is 36.5 Å². The van der Waals surface area contributed by atoms with Crippen molar-refractivity contribution in [2.24, 2.45) is 0 Å². The van der Waals surface area contributed by atoms with Crippen molar-refractivity contribution >= 4 is 34.4 Å². The van der Waals surface area contributed by atoms with Gasteiger partial charge in [-0.15, -0.1) is 0 Å². The van der Waals surface area contributed by atoms with Crippen LogP contribution in [0.1, 0.15) is 30.0 Å². The van der Waals surface area contributed by atoms with E-state index in [4.69, 9.17) is 9.72 Å². The normalized spacial score (nSPS) is 14.2. The Bertz CT molecular complexity index is 1230. The van der Waals surface area contributed by atoms with Gasteiger partial charge < -0.3 is 19.5 Å². The van der Waals surface area contributed by atoms with E-state index in [-0.39, 0.29) is 17.7 Å². The van der Waals surface area contributed by atoms with Crippen LogP contribution in [0.4, 0.5) is 16.2 Å². The Labute approximate surface area is 202 Å². The molecule has 2 amide bonds. The third-order valence-electron chi connectivity index (χ3n) is 6.01. The first-order chi connectivity index (χ1) is 16.9. The van der Waals surface area contributed by atoms with Crippen LogP contribution in [-0.2, 0) is 17.8 Å². The molecular formula is C24H28N6O5. The third-order valence-corrected chi connectivity index (χ3v) is 6.01. The van der Waals surface area contributed by atoms with Crippen molar-refractivity contribution in [3.8, 4) is 0 Å². The number of imidazole rings is 1. The minimum Gasteiger partial charge on any atom is -0.450 e. The molecule has 0 spiro atoms. The highest BCUT2D eigenvalue weighted by atomic mass is 16.6. The summed E-state index contributed by atoms with van der Waals surface area (Å²) in [6.45, 7) is 8.35. The number of hydrogen-bond donors (Lipinski definition) is 1. The van der Waals surface area contributed by atoms with Crippen LogP contribution in [0, 0.1) is 10.1 Å². The van der Waals surface area contributed by atoms with Gasteiger partial charge in [-0.2, -0.15) is 0 Å². The molecule has 1 saturated heterocycles. The predicted octanol–water partition coefficient (Wildman–Crippen LogP) is 3.49. The first-order valence-corrected chi connectivity index (χ1v) is 11.6. The number of nitro groups is 1. The number of hydrogen-bond acceptors (Lipinski definition) is 7. The number of aromatic nitrogens is 2. The summed E-state index contributed by atoms with van der Waals surface area (Å²) in [4.78, 5) is 43.6. The Kier molecular flexibility index (Phi) is 7.25. The van der Waals surface area contributed by atoms with E-state index < -0.39 is 4.92 Å². The van der Waals surface area contributed by atoms with Gasteiger partial charge in [-0.25, -0.2) is 9.78 Å². The molecule has 11 nitrogen and oxygen atoms in total. The van der Waals surface area contributed by atoms with Gasteiger partial charge in [0.25, 0.3) is 11.6 Å². The lowest BCUT2D eigenvalue weighted by Gasteiger charge is -2.33. The fourth-order valence-corrected chi connectivity index (χ4v) is 4.17. The third kappa shape index (κ3) is 5.40. The summed E-state index contributed by atoms with van der Waals surface area (Å²) in [7, 11) is 0. The number of rotatable bonds is 7. The van der Waals surface area contributed by atoms with E-state index in [0.29, 0.717) is 37.5 Å². The standard InChI is InChI=1S/C24H28N6O5/c1-3-29-21-10-7-18(25-23(31)17-5-8-19(9-6-17)30(33)34)15-20(21)26-22(29)16-27-11-13-28(14-12-27)24(32)35-4-2/h5-10,15H,3-4,11-14,16H2,1-2H3,(H,25,31). The van der Waals surface area contributed by atoms with Gasteiger partial charge in [-0.3, -0.25) is 19.8 Å². The highest BCUT2D eigenvalue weighted by Gasteiger charge is 2.23. The monoisotopic (exact) mass is 480 g/mol. The zero-order chi connectivity index (χ0) is 24.9. The topological polar surface area (TPSA) is 123 Å². The molecule has 184 valence electrons. The van der Waals surface area contributed by atoms with Gasteiger partial charge in [0.05, 0.1) is 29.1 Å². The molecule has 2 heterocycles. The van der Waals surface area contributed by atoms with Crippen molar-refractivity contribution in [1.82, 2.24) is 19.4 Å². The number of aryl methyl sites for hydroxylation is 1. The number of amides is 2. The number of benzene rings is 2. The second kappa shape index (κ2) is 10.5. The summed E-state index contributed by atoms with van der Waals surface area (Å²) in [5, 5.41) is 13.7. The number of carbonyl (C=O) groups is 2. The fourth-order valence-electron chi connectivity index (χ4n) is 4.17. The summed E-state index contributed by atoms with van der Waals surface area (Å²) in [5.41, 5.74) is 2.60.